The van der Waals surface area contributed by atoms with Crippen molar-refractivity contribution in [2.24, 2.45) is 0 Å². The summed E-state index contributed by atoms with van der Waals surface area (Å²) >= 11 is 6.27. The van der Waals surface area contributed by atoms with Gasteiger partial charge in [0.2, 0.25) is 5.95 Å². The van der Waals surface area contributed by atoms with E-state index >= 15 is 0 Å². The number of hydrogen-bond donors (Lipinski definition) is 1. The van der Waals surface area contributed by atoms with Crippen LogP contribution in [-0.2, 0) is 13.2 Å². The van der Waals surface area contributed by atoms with Crippen LogP contribution in [0.1, 0.15) is 58.3 Å². The zero-order chi connectivity index (χ0) is 24.2. The lowest BCUT2D eigenvalue weighted by atomic mass is 10.0. The summed E-state index contributed by atoms with van der Waals surface area (Å²) in [5.41, 5.74) is 4.27. The molecule has 0 aliphatic rings. The standard InChI is InChI=1S/C26H27ClN4O3/c1-16(2)21-12-22(27)18(4)11-24(21)33-14-20-9-10-23(34-20)25(32)29-26-28-15-31(30-26)13-19-8-6-5-7-17(19)3/h5-12,15-16H,13-14H2,1-4H3,(H,29,30,32). The molecule has 1 amide bonds. The van der Waals surface area contributed by atoms with Gasteiger partial charge in [0, 0.05) is 5.02 Å². The van der Waals surface area contributed by atoms with Crippen LogP contribution in [0.2, 0.25) is 5.02 Å². The summed E-state index contributed by atoms with van der Waals surface area (Å²) < 4.78 is 13.4. The maximum absolute atomic E-state index is 12.6. The molecule has 2 aromatic heterocycles. The third-order valence-electron chi connectivity index (χ3n) is 5.52. The first-order valence-electron chi connectivity index (χ1n) is 11.1. The fourth-order valence-corrected chi connectivity index (χ4v) is 3.70. The van der Waals surface area contributed by atoms with Crippen molar-refractivity contribution in [1.29, 1.82) is 0 Å². The number of aromatic nitrogens is 3. The second kappa shape index (κ2) is 10.1. The van der Waals surface area contributed by atoms with E-state index in [1.807, 2.05) is 50.2 Å². The molecule has 0 aliphatic heterocycles. The highest BCUT2D eigenvalue weighted by Crippen LogP contribution is 2.32. The minimum atomic E-state index is -0.426. The second-order valence-corrected chi connectivity index (χ2v) is 8.90. The van der Waals surface area contributed by atoms with Crippen LogP contribution in [0.15, 0.2) is 59.3 Å². The van der Waals surface area contributed by atoms with Gasteiger partial charge < -0.3 is 9.15 Å². The van der Waals surface area contributed by atoms with Gasteiger partial charge >= 0.3 is 0 Å². The summed E-state index contributed by atoms with van der Waals surface area (Å²) in [5.74, 6) is 1.48. The van der Waals surface area contributed by atoms with Gasteiger partial charge in [0.05, 0.1) is 6.54 Å². The molecule has 2 heterocycles. The molecule has 0 aliphatic carbocycles. The van der Waals surface area contributed by atoms with E-state index in [2.05, 4.69) is 29.2 Å². The molecule has 0 saturated carbocycles. The monoisotopic (exact) mass is 478 g/mol. The lowest BCUT2D eigenvalue weighted by molar-refractivity contribution is 0.0991. The smallest absolute Gasteiger partial charge is 0.293 e. The summed E-state index contributed by atoms with van der Waals surface area (Å²) in [6, 6.07) is 15.2. The van der Waals surface area contributed by atoms with E-state index in [0.717, 1.165) is 22.4 Å². The Hall–Kier alpha value is -3.58. The Morgan fingerprint density at radius 3 is 2.71 bits per heavy atom. The van der Waals surface area contributed by atoms with E-state index in [0.29, 0.717) is 17.3 Å². The zero-order valence-corrected chi connectivity index (χ0v) is 20.4. The van der Waals surface area contributed by atoms with Gasteiger partial charge in [0.1, 0.15) is 24.4 Å². The molecular weight excluding hydrogens is 452 g/mol. The van der Waals surface area contributed by atoms with Gasteiger partial charge in [0.25, 0.3) is 5.91 Å². The van der Waals surface area contributed by atoms with Gasteiger partial charge in [-0.3, -0.25) is 10.1 Å². The van der Waals surface area contributed by atoms with E-state index in [4.69, 9.17) is 20.8 Å². The highest BCUT2D eigenvalue weighted by atomic mass is 35.5. The van der Waals surface area contributed by atoms with Crippen molar-refractivity contribution in [3.63, 3.8) is 0 Å². The first kappa shape index (κ1) is 23.6. The third kappa shape index (κ3) is 5.48. The number of halogens is 1. The molecule has 4 aromatic rings. The Kier molecular flexibility index (Phi) is 7.03. The number of nitrogens with zero attached hydrogens (tertiary/aromatic N) is 3. The lowest BCUT2D eigenvalue weighted by Crippen LogP contribution is -2.12. The number of amides is 1. The number of anilines is 1. The van der Waals surface area contributed by atoms with Crippen molar-refractivity contribution in [2.45, 2.75) is 46.8 Å². The molecule has 0 spiro atoms. The maximum atomic E-state index is 12.6. The highest BCUT2D eigenvalue weighted by Gasteiger charge is 2.16. The molecule has 0 saturated heterocycles. The second-order valence-electron chi connectivity index (χ2n) is 8.49. The Morgan fingerprint density at radius 1 is 1.15 bits per heavy atom. The van der Waals surface area contributed by atoms with Crippen molar-refractivity contribution < 1.29 is 13.9 Å². The summed E-state index contributed by atoms with van der Waals surface area (Å²) in [4.78, 5) is 16.8. The largest absolute Gasteiger partial charge is 0.485 e. The normalized spacial score (nSPS) is 11.1. The first-order chi connectivity index (χ1) is 16.3. The van der Waals surface area contributed by atoms with Crippen LogP contribution in [0, 0.1) is 13.8 Å². The van der Waals surface area contributed by atoms with Crippen molar-refractivity contribution >= 4 is 23.5 Å². The summed E-state index contributed by atoms with van der Waals surface area (Å²) in [7, 11) is 0. The molecule has 1 N–H and O–H groups in total. The minimum Gasteiger partial charge on any atom is -0.485 e. The number of ether oxygens (including phenoxy) is 1. The maximum Gasteiger partial charge on any atom is 0.293 e. The van der Waals surface area contributed by atoms with Crippen LogP contribution < -0.4 is 10.1 Å². The number of nitrogens with one attached hydrogen (secondary N) is 1. The first-order valence-corrected chi connectivity index (χ1v) is 11.4. The molecule has 0 unspecified atom stereocenters. The lowest BCUT2D eigenvalue weighted by Gasteiger charge is -2.15. The van der Waals surface area contributed by atoms with Crippen LogP contribution in [0.4, 0.5) is 5.95 Å². The van der Waals surface area contributed by atoms with Crippen LogP contribution >= 0.6 is 11.6 Å². The number of carbonyl (C=O) groups is 1. The molecule has 4 rings (SSSR count). The van der Waals surface area contributed by atoms with E-state index in [-0.39, 0.29) is 24.2 Å². The van der Waals surface area contributed by atoms with Crippen molar-refractivity contribution in [1.82, 2.24) is 14.8 Å². The Morgan fingerprint density at radius 2 is 1.94 bits per heavy atom. The van der Waals surface area contributed by atoms with Gasteiger partial charge in [-0.1, -0.05) is 49.7 Å². The van der Waals surface area contributed by atoms with Crippen LogP contribution in [0.3, 0.4) is 0 Å². The molecule has 0 atom stereocenters. The number of carbonyl (C=O) groups excluding carboxylic acids is 1. The summed E-state index contributed by atoms with van der Waals surface area (Å²) in [6.45, 7) is 8.91. The van der Waals surface area contributed by atoms with Gasteiger partial charge in [-0.2, -0.15) is 0 Å². The number of rotatable bonds is 8. The van der Waals surface area contributed by atoms with Gasteiger partial charge in [0.15, 0.2) is 5.76 Å². The topological polar surface area (TPSA) is 82.2 Å². The molecule has 34 heavy (non-hydrogen) atoms. The Bertz CT molecular complexity index is 1310. The molecule has 0 radical (unpaired) electrons. The average molecular weight is 479 g/mol. The molecule has 0 bridgehead atoms. The number of furan rings is 1. The molecule has 2 aromatic carbocycles. The van der Waals surface area contributed by atoms with E-state index in [9.17, 15) is 4.79 Å². The zero-order valence-electron chi connectivity index (χ0n) is 19.6. The fraction of sp³-hybridized carbons (Fsp3) is 0.269. The van der Waals surface area contributed by atoms with Crippen molar-refractivity contribution in [2.75, 3.05) is 5.32 Å². The predicted octanol–water partition coefficient (Wildman–Crippen LogP) is 6.14. The quantitative estimate of drug-likeness (QED) is 0.328. The van der Waals surface area contributed by atoms with Crippen LogP contribution in [-0.4, -0.2) is 20.7 Å². The van der Waals surface area contributed by atoms with Gasteiger partial charge in [-0.15, -0.1) is 5.10 Å². The summed E-state index contributed by atoms with van der Waals surface area (Å²) in [6.07, 6.45) is 1.59. The fourth-order valence-electron chi connectivity index (χ4n) is 3.53. The van der Waals surface area contributed by atoms with Crippen molar-refractivity contribution in [3.8, 4) is 5.75 Å². The van der Waals surface area contributed by atoms with Gasteiger partial charge in [-0.05, 0) is 66.3 Å². The number of benzene rings is 2. The predicted molar refractivity (Wildman–Crippen MR) is 132 cm³/mol. The van der Waals surface area contributed by atoms with E-state index in [1.165, 1.54) is 5.56 Å². The van der Waals surface area contributed by atoms with Crippen molar-refractivity contribution in [3.05, 3.63) is 93.7 Å². The SMILES string of the molecule is Cc1cc(OCc2ccc(C(=O)Nc3ncn(Cc4ccccc4C)n3)o2)c(C(C)C)cc1Cl. The van der Waals surface area contributed by atoms with Gasteiger partial charge in [-0.25, -0.2) is 9.67 Å². The van der Waals surface area contributed by atoms with Crippen LogP contribution in [0.25, 0.3) is 0 Å². The Labute approximate surface area is 203 Å². The summed E-state index contributed by atoms with van der Waals surface area (Å²) in [5, 5.41) is 7.72. The number of hydrogen-bond acceptors (Lipinski definition) is 5. The van der Waals surface area contributed by atoms with Crippen LogP contribution in [0.5, 0.6) is 5.75 Å². The molecule has 7 nitrogen and oxygen atoms in total. The van der Waals surface area contributed by atoms with E-state index in [1.54, 1.807) is 23.1 Å². The molecule has 176 valence electrons. The van der Waals surface area contributed by atoms with E-state index < -0.39 is 5.91 Å². The average Bonchev–Trinajstić information content (AvgIpc) is 3.45. The highest BCUT2D eigenvalue weighted by molar-refractivity contribution is 6.31. The molecular formula is C26H27ClN4O3. The number of aryl methyl sites for hydroxylation is 2. The molecule has 8 heteroatoms. The minimum absolute atomic E-state index is 0.158. The third-order valence-corrected chi connectivity index (χ3v) is 5.93. The molecule has 0 fully saturated rings. The Balaban J connectivity index is 1.38.